The minimum Gasteiger partial charge on any atom is -0.462 e. The summed E-state index contributed by atoms with van der Waals surface area (Å²) < 4.78 is 30.2. The van der Waals surface area contributed by atoms with E-state index in [0.717, 1.165) is 11.3 Å². The molecule has 5 nitrogen and oxygen atoms in total. The maximum atomic E-state index is 14.3. The van der Waals surface area contributed by atoms with E-state index in [1.54, 1.807) is 32.0 Å². The van der Waals surface area contributed by atoms with Crippen LogP contribution >= 0.6 is 11.3 Å². The lowest BCUT2D eigenvalue weighted by Gasteiger charge is -2.06. The largest absolute Gasteiger partial charge is 0.462 e. The van der Waals surface area contributed by atoms with Crippen molar-refractivity contribution in [1.82, 2.24) is 0 Å². The summed E-state index contributed by atoms with van der Waals surface area (Å²) in [5, 5.41) is 0.263. The van der Waals surface area contributed by atoms with Gasteiger partial charge in [0.25, 0.3) is 0 Å². The van der Waals surface area contributed by atoms with Crippen molar-refractivity contribution in [3.63, 3.8) is 0 Å². The van der Waals surface area contributed by atoms with Gasteiger partial charge in [-0.1, -0.05) is 6.07 Å². The van der Waals surface area contributed by atoms with Crippen LogP contribution < -0.4 is 0 Å². The van der Waals surface area contributed by atoms with Gasteiger partial charge < -0.3 is 13.9 Å². The first-order valence-corrected chi connectivity index (χ1v) is 8.42. The highest BCUT2D eigenvalue weighted by molar-refractivity contribution is 7.21. The van der Waals surface area contributed by atoms with Crippen molar-refractivity contribution in [3.05, 3.63) is 58.1 Å². The van der Waals surface area contributed by atoms with Crippen LogP contribution in [0.15, 0.2) is 34.9 Å². The molecule has 0 fully saturated rings. The zero-order chi connectivity index (χ0) is 18.0. The van der Waals surface area contributed by atoms with Crippen LogP contribution in [0, 0.1) is 12.7 Å². The van der Waals surface area contributed by atoms with Crippen molar-refractivity contribution in [3.8, 4) is 0 Å². The molecule has 0 unspecified atom stereocenters. The third kappa shape index (κ3) is 3.28. The molecular weight excluding hydrogens is 347 g/mol. The van der Waals surface area contributed by atoms with Gasteiger partial charge in [0, 0.05) is 21.2 Å². The van der Waals surface area contributed by atoms with Gasteiger partial charge in [-0.3, -0.25) is 0 Å². The summed E-state index contributed by atoms with van der Waals surface area (Å²) in [6.45, 7) is 3.34. The molecule has 0 bridgehead atoms. The number of benzene rings is 1. The van der Waals surface area contributed by atoms with E-state index in [1.807, 2.05) is 0 Å². The van der Waals surface area contributed by atoms with E-state index in [1.165, 1.54) is 12.3 Å². The predicted octanol–water partition coefficient (Wildman–Crippen LogP) is 4.48. The average molecular weight is 362 g/mol. The molecule has 7 heteroatoms. The fourth-order valence-corrected chi connectivity index (χ4v) is 3.57. The van der Waals surface area contributed by atoms with Crippen LogP contribution in [-0.2, 0) is 16.1 Å². The lowest BCUT2D eigenvalue weighted by atomic mass is 10.1. The zero-order valence-electron chi connectivity index (χ0n) is 13.6. The Morgan fingerprint density at radius 2 is 2.00 bits per heavy atom. The molecule has 130 valence electrons. The maximum Gasteiger partial charge on any atom is 0.374 e. The van der Waals surface area contributed by atoms with Crippen molar-refractivity contribution in [2.45, 2.75) is 20.5 Å². The second kappa shape index (κ2) is 7.06. The van der Waals surface area contributed by atoms with Gasteiger partial charge in [-0.15, -0.1) is 11.3 Å². The van der Waals surface area contributed by atoms with Gasteiger partial charge in [0.15, 0.2) is 0 Å². The Morgan fingerprint density at radius 1 is 1.20 bits per heavy atom. The Hall–Kier alpha value is -2.67. The molecule has 3 rings (SSSR count). The van der Waals surface area contributed by atoms with Crippen molar-refractivity contribution >= 4 is 33.4 Å². The van der Waals surface area contributed by atoms with E-state index in [4.69, 9.17) is 13.9 Å². The molecule has 0 aliphatic carbocycles. The quantitative estimate of drug-likeness (QED) is 0.626. The number of carbonyl (C=O) groups excluding carboxylic acids is 2. The molecule has 0 atom stereocenters. The van der Waals surface area contributed by atoms with Gasteiger partial charge in [0.05, 0.1) is 12.9 Å². The Morgan fingerprint density at radius 3 is 2.68 bits per heavy atom. The molecule has 0 amide bonds. The Kier molecular flexibility index (Phi) is 4.85. The number of ether oxygens (including phenoxy) is 2. The SMILES string of the molecule is CCOC(=O)c1sc2cccc(F)c2c1COC(=O)c1occc1C. The molecule has 0 N–H and O–H groups in total. The monoisotopic (exact) mass is 362 g/mol. The van der Waals surface area contributed by atoms with E-state index in [2.05, 4.69) is 0 Å². The average Bonchev–Trinajstić information content (AvgIpc) is 3.17. The van der Waals surface area contributed by atoms with E-state index >= 15 is 0 Å². The second-order valence-electron chi connectivity index (χ2n) is 5.25. The van der Waals surface area contributed by atoms with Crippen LogP contribution in [0.25, 0.3) is 10.1 Å². The summed E-state index contributed by atoms with van der Waals surface area (Å²) >= 11 is 1.11. The van der Waals surface area contributed by atoms with Gasteiger partial charge in [0.2, 0.25) is 5.76 Å². The van der Waals surface area contributed by atoms with Crippen LogP contribution in [-0.4, -0.2) is 18.5 Å². The third-order valence-electron chi connectivity index (χ3n) is 3.62. The van der Waals surface area contributed by atoms with Gasteiger partial charge in [0.1, 0.15) is 17.3 Å². The van der Waals surface area contributed by atoms with Gasteiger partial charge in [-0.05, 0) is 32.0 Å². The summed E-state index contributed by atoms with van der Waals surface area (Å²) in [5.41, 5.74) is 0.936. The second-order valence-corrected chi connectivity index (χ2v) is 6.30. The van der Waals surface area contributed by atoms with Crippen LogP contribution in [0.3, 0.4) is 0 Å². The molecule has 0 aliphatic heterocycles. The minimum atomic E-state index is -0.673. The summed E-state index contributed by atoms with van der Waals surface area (Å²) in [7, 11) is 0. The first-order chi connectivity index (χ1) is 12.0. The highest BCUT2D eigenvalue weighted by Crippen LogP contribution is 2.34. The maximum absolute atomic E-state index is 14.3. The van der Waals surface area contributed by atoms with Gasteiger partial charge in [-0.25, -0.2) is 14.0 Å². The van der Waals surface area contributed by atoms with Gasteiger partial charge in [-0.2, -0.15) is 0 Å². The first kappa shape index (κ1) is 17.2. The Labute approximate surface area is 147 Å². The number of fused-ring (bicyclic) bond motifs is 1. The molecule has 0 saturated heterocycles. The molecular formula is C18H15FO5S. The molecule has 3 aromatic rings. The lowest BCUT2D eigenvalue weighted by Crippen LogP contribution is -2.09. The number of thiophene rings is 1. The molecule has 0 radical (unpaired) electrons. The van der Waals surface area contributed by atoms with Crippen LogP contribution in [0.2, 0.25) is 0 Å². The molecule has 25 heavy (non-hydrogen) atoms. The number of carbonyl (C=O) groups is 2. The van der Waals surface area contributed by atoms with Crippen molar-refractivity contribution < 1.29 is 27.9 Å². The fraction of sp³-hybridized carbons (Fsp3) is 0.222. The summed E-state index contributed by atoms with van der Waals surface area (Å²) in [4.78, 5) is 24.5. The minimum absolute atomic E-state index is 0.0812. The number of hydrogen-bond donors (Lipinski definition) is 0. The van der Waals surface area contributed by atoms with E-state index in [9.17, 15) is 14.0 Å². The van der Waals surface area contributed by atoms with Crippen molar-refractivity contribution in [2.24, 2.45) is 0 Å². The fourth-order valence-electron chi connectivity index (χ4n) is 2.45. The summed E-state index contributed by atoms with van der Waals surface area (Å²) in [5.74, 6) is -1.64. The summed E-state index contributed by atoms with van der Waals surface area (Å²) in [6, 6.07) is 6.20. The number of halogens is 1. The standard InChI is InChI=1S/C18H15FO5S/c1-3-22-18(21)16-11(14-12(19)5-4-6-13(14)25-16)9-24-17(20)15-10(2)7-8-23-15/h4-8H,3,9H2,1-2H3. The number of aryl methyl sites for hydroxylation is 1. The molecule has 2 aromatic heterocycles. The number of rotatable bonds is 5. The van der Waals surface area contributed by atoms with E-state index in [0.29, 0.717) is 15.8 Å². The topological polar surface area (TPSA) is 65.7 Å². The Balaban J connectivity index is 1.96. The molecule has 0 saturated carbocycles. The molecule has 0 aliphatic rings. The third-order valence-corrected chi connectivity index (χ3v) is 4.80. The van der Waals surface area contributed by atoms with Crippen LogP contribution in [0.1, 0.15) is 38.3 Å². The van der Waals surface area contributed by atoms with Crippen LogP contribution in [0.4, 0.5) is 4.39 Å². The first-order valence-electron chi connectivity index (χ1n) is 7.61. The van der Waals surface area contributed by atoms with E-state index in [-0.39, 0.29) is 29.2 Å². The number of esters is 2. The van der Waals surface area contributed by atoms with E-state index < -0.39 is 17.8 Å². The predicted molar refractivity (Wildman–Crippen MR) is 90.3 cm³/mol. The number of furan rings is 1. The normalized spacial score (nSPS) is 10.8. The van der Waals surface area contributed by atoms with Gasteiger partial charge >= 0.3 is 11.9 Å². The highest BCUT2D eigenvalue weighted by atomic mass is 32.1. The summed E-state index contributed by atoms with van der Waals surface area (Å²) in [6.07, 6.45) is 1.38. The molecule has 2 heterocycles. The molecule has 0 spiro atoms. The van der Waals surface area contributed by atoms with Crippen molar-refractivity contribution in [1.29, 1.82) is 0 Å². The Bertz CT molecular complexity index is 940. The van der Waals surface area contributed by atoms with Crippen LogP contribution in [0.5, 0.6) is 0 Å². The molecule has 1 aromatic carbocycles. The smallest absolute Gasteiger partial charge is 0.374 e. The van der Waals surface area contributed by atoms with Crippen molar-refractivity contribution in [2.75, 3.05) is 6.61 Å². The number of hydrogen-bond acceptors (Lipinski definition) is 6. The zero-order valence-corrected chi connectivity index (χ0v) is 14.4. The lowest BCUT2D eigenvalue weighted by molar-refractivity contribution is 0.0423. The highest BCUT2D eigenvalue weighted by Gasteiger charge is 2.24.